The van der Waals surface area contributed by atoms with E-state index in [9.17, 15) is 4.57 Å². The first-order chi connectivity index (χ1) is 14.9. The van der Waals surface area contributed by atoms with E-state index >= 15 is 0 Å². The molecule has 0 saturated carbocycles. The van der Waals surface area contributed by atoms with E-state index in [4.69, 9.17) is 37.0 Å². The molecule has 0 bridgehead atoms. The van der Waals surface area contributed by atoms with E-state index in [0.717, 1.165) is 35.8 Å². The maximum atomic E-state index is 14.2. The van der Waals surface area contributed by atoms with Crippen LogP contribution in [0.4, 0.5) is 5.69 Å². The molecule has 172 valence electrons. The summed E-state index contributed by atoms with van der Waals surface area (Å²) in [6, 6.07) is 10.8. The Hall–Kier alpha value is -0.750. The lowest BCUT2D eigenvalue weighted by molar-refractivity contribution is 0.194. The second-order valence-corrected chi connectivity index (χ2v) is 10.8. The molecule has 0 saturated heterocycles. The standard InChI is InChI=1S/C22H29BrCl2NO4P/c1-4-6-12-29-31(27,30-13-7-5-2)22(26-20-11-9-8-10-18(20)23)17-14-16(24)15-19(25)21(17)28-3/h8-11,14-15,22,26H,4-7,12-13H2,1-3H3. The largest absolute Gasteiger partial charge is 0.495 e. The van der Waals surface area contributed by atoms with Gasteiger partial charge in [-0.05, 0) is 53.0 Å². The number of hydrogen-bond donors (Lipinski definition) is 1. The highest BCUT2D eigenvalue weighted by Gasteiger charge is 2.40. The Morgan fingerprint density at radius 3 is 2.23 bits per heavy atom. The summed E-state index contributed by atoms with van der Waals surface area (Å²) in [5.41, 5.74) is 1.23. The molecule has 2 aromatic carbocycles. The zero-order valence-corrected chi connectivity index (χ0v) is 22.0. The molecule has 1 unspecified atom stereocenters. The molecule has 0 amide bonds. The number of para-hydroxylation sites is 1. The summed E-state index contributed by atoms with van der Waals surface area (Å²) in [7, 11) is -2.20. The van der Waals surface area contributed by atoms with Gasteiger partial charge in [0.2, 0.25) is 0 Å². The van der Waals surface area contributed by atoms with Gasteiger partial charge in [0.05, 0.1) is 25.3 Å². The SMILES string of the molecule is CCCCOP(=O)(OCCCC)C(Nc1ccccc1Br)c1cc(Cl)cc(Cl)c1OC. The predicted octanol–water partition coefficient (Wildman–Crippen LogP) is 8.70. The van der Waals surface area contributed by atoms with Crippen LogP contribution in [0, 0.1) is 0 Å². The van der Waals surface area contributed by atoms with E-state index in [2.05, 4.69) is 21.2 Å². The maximum absolute atomic E-state index is 14.2. The highest BCUT2D eigenvalue weighted by Crippen LogP contribution is 2.63. The monoisotopic (exact) mass is 551 g/mol. The van der Waals surface area contributed by atoms with Gasteiger partial charge < -0.3 is 19.1 Å². The summed E-state index contributed by atoms with van der Waals surface area (Å²) >= 11 is 16.3. The zero-order chi connectivity index (χ0) is 22.9. The second-order valence-electron chi connectivity index (χ2n) is 6.95. The van der Waals surface area contributed by atoms with E-state index in [-0.39, 0.29) is 0 Å². The third kappa shape index (κ3) is 7.38. The summed E-state index contributed by atoms with van der Waals surface area (Å²) in [4.78, 5) is 0. The van der Waals surface area contributed by atoms with Crippen LogP contribution in [0.3, 0.4) is 0 Å². The van der Waals surface area contributed by atoms with Crippen molar-refractivity contribution in [3.63, 3.8) is 0 Å². The van der Waals surface area contributed by atoms with Crippen molar-refractivity contribution in [1.29, 1.82) is 0 Å². The number of hydrogen-bond acceptors (Lipinski definition) is 5. The molecule has 1 N–H and O–H groups in total. The fourth-order valence-corrected chi connectivity index (χ4v) is 5.87. The van der Waals surface area contributed by atoms with Crippen LogP contribution >= 0.6 is 46.7 Å². The first-order valence-electron chi connectivity index (χ1n) is 10.3. The van der Waals surface area contributed by atoms with Crippen molar-refractivity contribution < 1.29 is 18.3 Å². The summed E-state index contributed by atoms with van der Waals surface area (Å²) in [5.74, 6) is -0.514. The molecular formula is C22H29BrCl2NO4P. The smallest absolute Gasteiger partial charge is 0.357 e. The highest BCUT2D eigenvalue weighted by atomic mass is 79.9. The number of ether oxygens (including phenoxy) is 1. The number of anilines is 1. The van der Waals surface area contributed by atoms with E-state index in [0.29, 0.717) is 34.6 Å². The fraction of sp³-hybridized carbons (Fsp3) is 0.455. The van der Waals surface area contributed by atoms with Crippen LogP contribution in [0.2, 0.25) is 10.0 Å². The van der Waals surface area contributed by atoms with Gasteiger partial charge in [0.1, 0.15) is 5.75 Å². The molecule has 9 heteroatoms. The lowest BCUT2D eigenvalue weighted by atomic mass is 10.2. The minimum atomic E-state index is -3.71. The molecule has 5 nitrogen and oxygen atoms in total. The van der Waals surface area contributed by atoms with E-state index in [1.807, 2.05) is 38.1 Å². The van der Waals surface area contributed by atoms with Gasteiger partial charge in [0.15, 0.2) is 5.78 Å². The number of unbranched alkanes of at least 4 members (excludes halogenated alkanes) is 2. The molecule has 0 aliphatic rings. The van der Waals surface area contributed by atoms with Gasteiger partial charge in [0, 0.05) is 20.7 Å². The zero-order valence-electron chi connectivity index (χ0n) is 18.0. The quantitative estimate of drug-likeness (QED) is 0.199. The molecule has 2 aromatic rings. The molecule has 0 spiro atoms. The summed E-state index contributed by atoms with van der Waals surface area (Å²) in [6.45, 7) is 4.71. The number of nitrogens with one attached hydrogen (secondary N) is 1. The Balaban J connectivity index is 2.60. The Labute approximate surface area is 203 Å². The minimum absolute atomic E-state index is 0.310. The topological polar surface area (TPSA) is 56.8 Å². The van der Waals surface area contributed by atoms with Crippen molar-refractivity contribution in [3.8, 4) is 5.75 Å². The van der Waals surface area contributed by atoms with Crippen LogP contribution in [-0.4, -0.2) is 20.3 Å². The minimum Gasteiger partial charge on any atom is -0.495 e. The van der Waals surface area contributed by atoms with Crippen molar-refractivity contribution in [2.24, 2.45) is 0 Å². The van der Waals surface area contributed by atoms with Crippen molar-refractivity contribution in [1.82, 2.24) is 0 Å². The van der Waals surface area contributed by atoms with E-state index in [1.165, 1.54) is 7.11 Å². The average Bonchev–Trinajstić information content (AvgIpc) is 2.73. The Kier molecular flexibility index (Phi) is 11.2. The molecule has 0 radical (unpaired) electrons. The van der Waals surface area contributed by atoms with Crippen molar-refractivity contribution in [2.75, 3.05) is 25.6 Å². The van der Waals surface area contributed by atoms with Gasteiger partial charge in [-0.15, -0.1) is 0 Å². The van der Waals surface area contributed by atoms with Gasteiger partial charge in [-0.3, -0.25) is 4.57 Å². The molecule has 31 heavy (non-hydrogen) atoms. The predicted molar refractivity (Wildman–Crippen MR) is 133 cm³/mol. The summed E-state index contributed by atoms with van der Waals surface area (Å²) in [5, 5.41) is 4.04. The van der Waals surface area contributed by atoms with Gasteiger partial charge in [-0.25, -0.2) is 0 Å². The van der Waals surface area contributed by atoms with Crippen molar-refractivity contribution >= 4 is 52.4 Å². The third-order valence-corrected chi connectivity index (χ3v) is 7.87. The lowest BCUT2D eigenvalue weighted by Crippen LogP contribution is -2.17. The fourth-order valence-electron chi connectivity index (χ4n) is 2.91. The van der Waals surface area contributed by atoms with Crippen LogP contribution in [0.15, 0.2) is 40.9 Å². The molecule has 0 aliphatic heterocycles. The van der Waals surface area contributed by atoms with Crippen LogP contribution in [0.25, 0.3) is 0 Å². The normalized spacial score (nSPS) is 12.6. The Morgan fingerprint density at radius 2 is 1.68 bits per heavy atom. The van der Waals surface area contributed by atoms with Gasteiger partial charge in [0.25, 0.3) is 0 Å². The third-order valence-electron chi connectivity index (χ3n) is 4.56. The van der Waals surface area contributed by atoms with Crippen molar-refractivity contribution in [2.45, 2.75) is 45.3 Å². The number of halogens is 3. The van der Waals surface area contributed by atoms with E-state index in [1.54, 1.807) is 12.1 Å². The number of benzene rings is 2. The first kappa shape index (κ1) is 26.5. The summed E-state index contributed by atoms with van der Waals surface area (Å²) < 4.78 is 32.4. The molecule has 0 heterocycles. The average molecular weight is 553 g/mol. The first-order valence-corrected chi connectivity index (χ1v) is 13.4. The van der Waals surface area contributed by atoms with Crippen LogP contribution < -0.4 is 10.1 Å². The Morgan fingerprint density at radius 1 is 1.06 bits per heavy atom. The van der Waals surface area contributed by atoms with Gasteiger partial charge in [-0.2, -0.15) is 0 Å². The number of rotatable bonds is 13. The van der Waals surface area contributed by atoms with Crippen LogP contribution in [-0.2, 0) is 13.6 Å². The highest BCUT2D eigenvalue weighted by molar-refractivity contribution is 9.10. The van der Waals surface area contributed by atoms with E-state index < -0.39 is 13.4 Å². The number of methoxy groups -OCH3 is 1. The molecule has 0 fully saturated rings. The van der Waals surface area contributed by atoms with Crippen molar-refractivity contribution in [3.05, 3.63) is 56.5 Å². The van der Waals surface area contributed by atoms with Crippen LogP contribution in [0.5, 0.6) is 5.75 Å². The molecule has 1 atom stereocenters. The molecular weight excluding hydrogens is 524 g/mol. The Bertz CT molecular complexity index is 886. The van der Waals surface area contributed by atoms with Crippen LogP contribution in [0.1, 0.15) is 50.9 Å². The molecule has 0 aliphatic carbocycles. The molecule has 0 aromatic heterocycles. The van der Waals surface area contributed by atoms with Gasteiger partial charge >= 0.3 is 7.60 Å². The summed E-state index contributed by atoms with van der Waals surface area (Å²) in [6.07, 6.45) is 3.33. The maximum Gasteiger partial charge on any atom is 0.357 e. The molecule has 2 rings (SSSR count). The van der Waals surface area contributed by atoms with Gasteiger partial charge in [-0.1, -0.05) is 62.0 Å². The lowest BCUT2D eigenvalue weighted by Gasteiger charge is -2.30. The second kappa shape index (κ2) is 13.1.